The minimum atomic E-state index is -0.266. The fourth-order valence-electron chi connectivity index (χ4n) is 2.48. The van der Waals surface area contributed by atoms with Crippen LogP contribution < -0.4 is 10.0 Å². The summed E-state index contributed by atoms with van der Waals surface area (Å²) in [6, 6.07) is 4.83. The second kappa shape index (κ2) is 4.31. The number of carbonyl (C=O) groups is 1. The number of aromatic nitrogens is 1. The average Bonchev–Trinajstić information content (AvgIpc) is 2.91. The van der Waals surface area contributed by atoms with Gasteiger partial charge in [0.2, 0.25) is 5.91 Å². The molecular weight excluding hydrogens is 265 g/mol. The number of nitrogens with zero attached hydrogens (tertiary/aromatic N) is 1. The number of halogens is 1. The summed E-state index contributed by atoms with van der Waals surface area (Å²) in [7, 11) is 0. The molecular formula is C13H12FN3OS. The Morgan fingerprint density at radius 3 is 2.84 bits per heavy atom. The van der Waals surface area contributed by atoms with Gasteiger partial charge in [-0.2, -0.15) is 0 Å². The van der Waals surface area contributed by atoms with E-state index in [0.717, 1.165) is 16.9 Å². The lowest BCUT2D eigenvalue weighted by Gasteiger charge is -2.10. The number of fused-ring (bicyclic) bond motifs is 3. The van der Waals surface area contributed by atoms with E-state index >= 15 is 0 Å². The number of hydrogen-bond acceptors (Lipinski definition) is 3. The maximum atomic E-state index is 13.9. The van der Waals surface area contributed by atoms with Gasteiger partial charge < -0.3 is 14.6 Å². The van der Waals surface area contributed by atoms with Gasteiger partial charge in [0, 0.05) is 24.2 Å². The molecule has 6 heteroatoms. The van der Waals surface area contributed by atoms with Gasteiger partial charge in [-0.1, -0.05) is 12.8 Å². The topological polar surface area (TPSA) is 46.1 Å². The second-order valence-electron chi connectivity index (χ2n) is 4.45. The molecule has 2 N–H and O–H groups in total. The van der Waals surface area contributed by atoms with E-state index in [9.17, 15) is 9.18 Å². The zero-order chi connectivity index (χ0) is 13.6. The Kier molecular flexibility index (Phi) is 2.74. The van der Waals surface area contributed by atoms with Gasteiger partial charge in [0.1, 0.15) is 5.82 Å². The molecule has 1 aromatic carbocycles. The lowest BCUT2D eigenvalue weighted by Crippen LogP contribution is -2.07. The Bertz CT molecular complexity index is 681. The normalized spacial score (nSPS) is 11.9. The molecule has 0 unspecified atom stereocenters. The lowest BCUT2D eigenvalue weighted by atomic mass is 10.0. The van der Waals surface area contributed by atoms with E-state index < -0.39 is 0 Å². The van der Waals surface area contributed by atoms with E-state index in [4.69, 9.17) is 0 Å². The largest absolute Gasteiger partial charge is 0.341 e. The third kappa shape index (κ3) is 1.79. The van der Waals surface area contributed by atoms with Crippen LogP contribution in [0.1, 0.15) is 12.5 Å². The zero-order valence-corrected chi connectivity index (χ0v) is 11.1. The quantitative estimate of drug-likeness (QED) is 0.631. The molecule has 19 heavy (non-hydrogen) atoms. The van der Waals surface area contributed by atoms with Crippen LogP contribution in [0.3, 0.4) is 0 Å². The summed E-state index contributed by atoms with van der Waals surface area (Å²) < 4.78 is 18.6. The minimum absolute atomic E-state index is 0.181. The molecule has 1 aromatic heterocycles. The van der Waals surface area contributed by atoms with Gasteiger partial charge >= 0.3 is 0 Å². The number of anilines is 2. The molecule has 0 spiro atoms. The fraction of sp³-hybridized carbons (Fsp3) is 0.154. The summed E-state index contributed by atoms with van der Waals surface area (Å²) >= 11 is 4.05. The van der Waals surface area contributed by atoms with Gasteiger partial charge in [-0.25, -0.2) is 4.39 Å². The number of rotatable bonds is 2. The van der Waals surface area contributed by atoms with Crippen LogP contribution in [0.4, 0.5) is 15.8 Å². The van der Waals surface area contributed by atoms with Crippen LogP contribution in [0.2, 0.25) is 0 Å². The molecule has 0 saturated carbocycles. The molecule has 1 aliphatic rings. The molecule has 0 fully saturated rings. The first kappa shape index (κ1) is 12.1. The highest BCUT2D eigenvalue weighted by molar-refractivity contribution is 7.81. The first-order valence-electron chi connectivity index (χ1n) is 5.80. The van der Waals surface area contributed by atoms with Gasteiger partial charge in [-0.05, 0) is 18.2 Å². The van der Waals surface area contributed by atoms with Crippen LogP contribution in [-0.4, -0.2) is 10.5 Å². The van der Waals surface area contributed by atoms with Crippen LogP contribution >= 0.6 is 12.8 Å². The smallest absolute Gasteiger partial charge is 0.221 e. The van der Waals surface area contributed by atoms with Crippen LogP contribution in [0.15, 0.2) is 24.4 Å². The molecule has 0 radical (unpaired) electrons. The highest BCUT2D eigenvalue weighted by Crippen LogP contribution is 2.43. The number of amides is 1. The van der Waals surface area contributed by atoms with Crippen molar-refractivity contribution in [2.75, 3.05) is 10.0 Å². The fourth-order valence-corrected chi connectivity index (χ4v) is 2.67. The molecule has 0 aliphatic carbocycles. The molecule has 4 nitrogen and oxygen atoms in total. The summed E-state index contributed by atoms with van der Waals surface area (Å²) in [5.74, 6) is -0.447. The van der Waals surface area contributed by atoms with Gasteiger partial charge in [0.25, 0.3) is 0 Å². The SMILES string of the molecule is CC(=O)Nc1ccc(F)c2c1-c1c(NS)ccn1C2. The third-order valence-electron chi connectivity index (χ3n) is 3.22. The summed E-state index contributed by atoms with van der Waals surface area (Å²) in [5, 5.41) is 2.74. The Morgan fingerprint density at radius 1 is 1.37 bits per heavy atom. The molecule has 3 rings (SSSR count). The van der Waals surface area contributed by atoms with Crippen molar-refractivity contribution in [3.8, 4) is 11.3 Å². The van der Waals surface area contributed by atoms with Gasteiger partial charge in [0.15, 0.2) is 0 Å². The Hall–Kier alpha value is -1.95. The summed E-state index contributed by atoms with van der Waals surface area (Å²) in [5.41, 5.74) is 3.56. The molecule has 0 saturated heterocycles. The maximum absolute atomic E-state index is 13.9. The molecule has 1 amide bonds. The van der Waals surface area contributed by atoms with Crippen molar-refractivity contribution in [1.29, 1.82) is 0 Å². The molecule has 1 aliphatic heterocycles. The molecule has 98 valence electrons. The van der Waals surface area contributed by atoms with E-state index in [1.54, 1.807) is 6.07 Å². The van der Waals surface area contributed by atoms with Crippen molar-refractivity contribution in [3.05, 3.63) is 35.8 Å². The monoisotopic (exact) mass is 277 g/mol. The Balaban J connectivity index is 2.24. The number of thiol groups is 1. The molecule has 0 bridgehead atoms. The zero-order valence-electron chi connectivity index (χ0n) is 10.2. The van der Waals surface area contributed by atoms with E-state index in [1.807, 2.05) is 16.8 Å². The number of nitrogens with one attached hydrogen (secondary N) is 2. The first-order valence-corrected chi connectivity index (χ1v) is 6.25. The van der Waals surface area contributed by atoms with Crippen molar-refractivity contribution < 1.29 is 9.18 Å². The van der Waals surface area contributed by atoms with Gasteiger partial charge in [0.05, 0.1) is 23.6 Å². The molecule has 0 atom stereocenters. The highest BCUT2D eigenvalue weighted by Gasteiger charge is 2.27. The third-order valence-corrected chi connectivity index (χ3v) is 3.46. The average molecular weight is 277 g/mol. The summed E-state index contributed by atoms with van der Waals surface area (Å²) in [4.78, 5) is 11.3. The van der Waals surface area contributed by atoms with E-state index in [1.165, 1.54) is 13.0 Å². The summed E-state index contributed by atoms with van der Waals surface area (Å²) in [6.45, 7) is 1.89. The van der Waals surface area contributed by atoms with Crippen LogP contribution in [-0.2, 0) is 11.3 Å². The van der Waals surface area contributed by atoms with Crippen LogP contribution in [0.25, 0.3) is 11.3 Å². The number of carbonyl (C=O) groups excluding carboxylic acids is 1. The van der Waals surface area contributed by atoms with Crippen molar-refractivity contribution in [2.45, 2.75) is 13.5 Å². The second-order valence-corrected chi connectivity index (χ2v) is 4.67. The highest BCUT2D eigenvalue weighted by atomic mass is 32.1. The number of hydrogen-bond donors (Lipinski definition) is 3. The van der Waals surface area contributed by atoms with Crippen molar-refractivity contribution in [2.24, 2.45) is 0 Å². The van der Waals surface area contributed by atoms with Crippen LogP contribution in [0, 0.1) is 5.82 Å². The lowest BCUT2D eigenvalue weighted by molar-refractivity contribution is -0.114. The van der Waals surface area contributed by atoms with Gasteiger partial charge in [-0.15, -0.1) is 0 Å². The number of benzene rings is 1. The molecule has 2 aromatic rings. The van der Waals surface area contributed by atoms with E-state index in [-0.39, 0.29) is 11.7 Å². The minimum Gasteiger partial charge on any atom is -0.341 e. The van der Waals surface area contributed by atoms with Crippen molar-refractivity contribution in [1.82, 2.24) is 4.57 Å². The maximum Gasteiger partial charge on any atom is 0.221 e. The predicted molar refractivity (Wildman–Crippen MR) is 75.8 cm³/mol. The predicted octanol–water partition coefficient (Wildman–Crippen LogP) is 2.87. The van der Waals surface area contributed by atoms with Crippen molar-refractivity contribution >= 4 is 30.1 Å². The standard InChI is InChI=1S/C13H12FN3OS/c1-7(18)15-10-3-2-9(14)8-6-17-5-4-11(16-19)13(17)12(8)10/h2-5,16,19H,6H2,1H3,(H,15,18). The van der Waals surface area contributed by atoms with Gasteiger partial charge in [-0.3, -0.25) is 4.79 Å². The van der Waals surface area contributed by atoms with Crippen molar-refractivity contribution in [3.63, 3.8) is 0 Å². The molecule has 2 heterocycles. The first-order chi connectivity index (χ1) is 9.11. The Labute approximate surface area is 115 Å². The van der Waals surface area contributed by atoms with E-state index in [0.29, 0.717) is 17.8 Å². The van der Waals surface area contributed by atoms with Crippen LogP contribution in [0.5, 0.6) is 0 Å². The summed E-state index contributed by atoms with van der Waals surface area (Å²) in [6.07, 6.45) is 1.87. The Morgan fingerprint density at radius 2 is 2.16 bits per heavy atom. The van der Waals surface area contributed by atoms with E-state index in [2.05, 4.69) is 22.9 Å².